The lowest BCUT2D eigenvalue weighted by Crippen LogP contribution is -2.29. The summed E-state index contributed by atoms with van der Waals surface area (Å²) in [6, 6.07) is 16.7. The minimum Gasteiger partial charge on any atom is -0.550 e. The molecular weight excluding hydrogens is 556 g/mol. The molecule has 4 aromatic rings. The number of hydrogen-bond acceptors (Lipinski definition) is 6. The molecule has 0 saturated heterocycles. The number of carbonyl (C=O) groups is 2. The standard InChI is InChI=1S/C33H35F2N3O5/c1-20(2)38-28(15-14-26(39)17-27(40)18-29(41)42)30(21-6-10-23(34)11-7-21)31(22-8-12-24(35)13-9-22)32(38)33(43)37-19-25-5-3-4-16-36-25/h3-13,16,20,26-27,39-40H,14-15,17-19H2,1-2H3,(H,37,43)(H,41,42)/p-1/t26-,27-/m1/s1. The van der Waals surface area contributed by atoms with E-state index >= 15 is 0 Å². The van der Waals surface area contributed by atoms with Crippen LogP contribution in [0.25, 0.3) is 22.3 Å². The average Bonchev–Trinajstić information content (AvgIpc) is 3.31. The molecule has 2 aromatic carbocycles. The second-order valence-corrected chi connectivity index (χ2v) is 10.7. The van der Waals surface area contributed by atoms with Crippen molar-refractivity contribution in [3.63, 3.8) is 0 Å². The Balaban J connectivity index is 1.87. The van der Waals surface area contributed by atoms with Gasteiger partial charge in [0.25, 0.3) is 5.91 Å². The number of carboxylic acid groups (broad SMARTS) is 1. The number of pyridine rings is 1. The Morgan fingerprint density at radius 2 is 1.51 bits per heavy atom. The van der Waals surface area contributed by atoms with Crippen molar-refractivity contribution in [2.75, 3.05) is 0 Å². The lowest BCUT2D eigenvalue weighted by Gasteiger charge is -2.20. The highest BCUT2D eigenvalue weighted by molar-refractivity contribution is 6.05. The Kier molecular flexibility index (Phi) is 10.4. The summed E-state index contributed by atoms with van der Waals surface area (Å²) in [5.74, 6) is -2.71. The lowest BCUT2D eigenvalue weighted by molar-refractivity contribution is -0.307. The summed E-state index contributed by atoms with van der Waals surface area (Å²) >= 11 is 0. The van der Waals surface area contributed by atoms with E-state index in [0.717, 1.165) is 0 Å². The van der Waals surface area contributed by atoms with Gasteiger partial charge in [0.1, 0.15) is 17.3 Å². The number of benzene rings is 2. The third kappa shape index (κ3) is 7.91. The van der Waals surface area contributed by atoms with Gasteiger partial charge in [-0.15, -0.1) is 0 Å². The summed E-state index contributed by atoms with van der Waals surface area (Å²) in [7, 11) is 0. The van der Waals surface area contributed by atoms with Gasteiger partial charge >= 0.3 is 0 Å². The molecule has 0 radical (unpaired) electrons. The quantitative estimate of drug-likeness (QED) is 0.214. The maximum absolute atomic E-state index is 14.0. The van der Waals surface area contributed by atoms with E-state index in [1.807, 2.05) is 24.5 Å². The number of aromatic nitrogens is 2. The summed E-state index contributed by atoms with van der Waals surface area (Å²) in [4.78, 5) is 29.1. The molecule has 10 heteroatoms. The molecular formula is C33H34F2N3O5-. The molecule has 226 valence electrons. The molecule has 0 aliphatic carbocycles. The molecule has 0 bridgehead atoms. The normalized spacial score (nSPS) is 12.7. The fourth-order valence-electron chi connectivity index (χ4n) is 5.27. The van der Waals surface area contributed by atoms with Crippen LogP contribution in [0.15, 0.2) is 72.9 Å². The van der Waals surface area contributed by atoms with E-state index in [1.54, 1.807) is 42.6 Å². The summed E-state index contributed by atoms with van der Waals surface area (Å²) in [6.07, 6.45) is -1.13. The van der Waals surface area contributed by atoms with Gasteiger partial charge in [0.2, 0.25) is 0 Å². The number of carboxylic acids is 1. The van der Waals surface area contributed by atoms with Crippen LogP contribution in [0.1, 0.15) is 61.0 Å². The minimum atomic E-state index is -1.42. The zero-order valence-corrected chi connectivity index (χ0v) is 24.0. The lowest BCUT2D eigenvalue weighted by atomic mass is 9.92. The number of aliphatic hydroxyl groups excluding tert-OH is 2. The molecule has 1 amide bonds. The Hall–Kier alpha value is -4.41. The molecule has 2 heterocycles. The van der Waals surface area contributed by atoms with Gasteiger partial charge in [-0.1, -0.05) is 30.3 Å². The van der Waals surface area contributed by atoms with Crippen molar-refractivity contribution in [3.8, 4) is 22.3 Å². The van der Waals surface area contributed by atoms with Gasteiger partial charge in [-0.2, -0.15) is 0 Å². The van der Waals surface area contributed by atoms with Crippen molar-refractivity contribution in [1.29, 1.82) is 0 Å². The molecule has 0 spiro atoms. The van der Waals surface area contributed by atoms with Crippen LogP contribution < -0.4 is 10.4 Å². The van der Waals surface area contributed by atoms with Crippen molar-refractivity contribution in [2.45, 2.75) is 64.3 Å². The molecule has 0 fully saturated rings. The number of aliphatic hydroxyl groups is 2. The van der Waals surface area contributed by atoms with Crippen molar-refractivity contribution >= 4 is 11.9 Å². The first-order valence-electron chi connectivity index (χ1n) is 14.1. The van der Waals surface area contributed by atoms with Crippen LogP contribution in [0.3, 0.4) is 0 Å². The van der Waals surface area contributed by atoms with Crippen LogP contribution in [-0.2, 0) is 17.8 Å². The van der Waals surface area contributed by atoms with Gasteiger partial charge < -0.3 is 30.0 Å². The van der Waals surface area contributed by atoms with Gasteiger partial charge in [-0.3, -0.25) is 9.78 Å². The number of aliphatic carboxylic acids is 1. The van der Waals surface area contributed by atoms with Crippen molar-refractivity contribution in [1.82, 2.24) is 14.9 Å². The van der Waals surface area contributed by atoms with Crippen molar-refractivity contribution in [2.24, 2.45) is 0 Å². The van der Waals surface area contributed by atoms with Crippen LogP contribution >= 0.6 is 0 Å². The summed E-state index contributed by atoms with van der Waals surface area (Å²) in [6.45, 7) is 3.96. The fraction of sp³-hybridized carbons (Fsp3) is 0.303. The van der Waals surface area contributed by atoms with Crippen LogP contribution in [-0.4, -0.2) is 43.8 Å². The zero-order chi connectivity index (χ0) is 31.1. The maximum atomic E-state index is 14.0. The second-order valence-electron chi connectivity index (χ2n) is 10.7. The minimum absolute atomic E-state index is 0.132. The third-order valence-corrected chi connectivity index (χ3v) is 7.12. The monoisotopic (exact) mass is 590 g/mol. The molecule has 4 rings (SSSR count). The second kappa shape index (κ2) is 14.2. The van der Waals surface area contributed by atoms with Crippen LogP contribution in [0.4, 0.5) is 8.78 Å². The van der Waals surface area contributed by atoms with Gasteiger partial charge in [0.15, 0.2) is 0 Å². The molecule has 0 unspecified atom stereocenters. The van der Waals surface area contributed by atoms with Gasteiger partial charge in [0.05, 0.1) is 24.4 Å². The van der Waals surface area contributed by atoms with Gasteiger partial charge in [0, 0.05) is 41.4 Å². The summed E-state index contributed by atoms with van der Waals surface area (Å²) in [5.41, 5.74) is 3.93. The average molecular weight is 591 g/mol. The number of hydrogen-bond donors (Lipinski definition) is 3. The number of rotatable bonds is 13. The van der Waals surface area contributed by atoms with E-state index in [0.29, 0.717) is 39.3 Å². The topological polar surface area (TPSA) is 128 Å². The first-order chi connectivity index (χ1) is 20.5. The molecule has 0 saturated carbocycles. The highest BCUT2D eigenvalue weighted by Crippen LogP contribution is 2.42. The van der Waals surface area contributed by atoms with E-state index in [-0.39, 0.29) is 31.8 Å². The molecule has 0 aliphatic heterocycles. The predicted molar refractivity (Wildman–Crippen MR) is 156 cm³/mol. The predicted octanol–water partition coefficient (Wildman–Crippen LogP) is 4.19. The fourth-order valence-corrected chi connectivity index (χ4v) is 5.27. The van der Waals surface area contributed by atoms with E-state index in [9.17, 15) is 33.7 Å². The van der Waals surface area contributed by atoms with Crippen molar-refractivity contribution in [3.05, 3.63) is 102 Å². The maximum Gasteiger partial charge on any atom is 0.268 e. The van der Waals surface area contributed by atoms with E-state index < -0.39 is 42.1 Å². The molecule has 3 N–H and O–H groups in total. The van der Waals surface area contributed by atoms with Crippen LogP contribution in [0.5, 0.6) is 0 Å². The zero-order valence-electron chi connectivity index (χ0n) is 24.0. The Morgan fingerprint density at radius 1 is 0.907 bits per heavy atom. The molecule has 2 atom stereocenters. The number of carbonyl (C=O) groups excluding carboxylic acids is 2. The van der Waals surface area contributed by atoms with Gasteiger partial charge in [-0.25, -0.2) is 8.78 Å². The molecule has 2 aromatic heterocycles. The largest absolute Gasteiger partial charge is 0.550 e. The Morgan fingerprint density at radius 3 is 2.05 bits per heavy atom. The Bertz CT molecular complexity index is 1540. The highest BCUT2D eigenvalue weighted by atomic mass is 19.1. The number of nitrogens with zero attached hydrogens (tertiary/aromatic N) is 2. The number of amides is 1. The highest BCUT2D eigenvalue weighted by Gasteiger charge is 2.30. The van der Waals surface area contributed by atoms with Crippen LogP contribution in [0, 0.1) is 11.6 Å². The van der Waals surface area contributed by atoms with Crippen molar-refractivity contribution < 1.29 is 33.7 Å². The number of halogens is 2. The summed E-state index contributed by atoms with van der Waals surface area (Å²) in [5, 5.41) is 34.5. The first kappa shape index (κ1) is 31.5. The molecule has 43 heavy (non-hydrogen) atoms. The smallest absolute Gasteiger partial charge is 0.268 e. The molecule has 0 aliphatic rings. The Labute approximate surface area is 248 Å². The third-order valence-electron chi connectivity index (χ3n) is 7.12. The molecule has 8 nitrogen and oxygen atoms in total. The SMILES string of the molecule is CC(C)n1c(CC[C@@H](O)C[C@@H](O)CC(=O)[O-])c(-c2ccc(F)cc2)c(-c2ccc(F)cc2)c1C(=O)NCc1ccccn1. The van der Waals surface area contributed by atoms with E-state index in [1.165, 1.54) is 24.3 Å². The first-order valence-corrected chi connectivity index (χ1v) is 14.1. The van der Waals surface area contributed by atoms with E-state index in [2.05, 4.69) is 10.3 Å². The number of nitrogens with one attached hydrogen (secondary N) is 1. The van der Waals surface area contributed by atoms with E-state index in [4.69, 9.17) is 0 Å². The van der Waals surface area contributed by atoms with Crippen LogP contribution in [0.2, 0.25) is 0 Å². The van der Waals surface area contributed by atoms with Gasteiger partial charge in [-0.05, 0) is 80.6 Å². The summed E-state index contributed by atoms with van der Waals surface area (Å²) < 4.78 is 29.9.